The smallest absolute Gasteiger partial charge is 0.243 e. The molecule has 6 heteroatoms. The zero-order valence-electron chi connectivity index (χ0n) is 11.7. The van der Waals surface area contributed by atoms with Crippen LogP contribution >= 0.6 is 0 Å². The van der Waals surface area contributed by atoms with E-state index < -0.39 is 15.8 Å². The molecular formula is C14H21FN2O2S. The van der Waals surface area contributed by atoms with E-state index in [0.717, 1.165) is 31.7 Å². The predicted octanol–water partition coefficient (Wildman–Crippen LogP) is 2.24. The van der Waals surface area contributed by atoms with Crippen molar-refractivity contribution in [1.29, 1.82) is 0 Å². The van der Waals surface area contributed by atoms with Crippen molar-refractivity contribution in [2.75, 3.05) is 6.54 Å². The van der Waals surface area contributed by atoms with Gasteiger partial charge in [-0.15, -0.1) is 0 Å². The van der Waals surface area contributed by atoms with Gasteiger partial charge in [0.1, 0.15) is 5.82 Å². The average molecular weight is 300 g/mol. The standard InChI is InChI=1S/C14H21FN2O2S/c1-2-3-8-17(13-6-7-13)20(18,19)14-9-12(15)5-4-11(14)10-16/h4-5,9,13H,2-3,6-8,10,16H2,1H3. The molecule has 1 saturated carbocycles. The SMILES string of the molecule is CCCCN(C1CC1)S(=O)(=O)c1cc(F)ccc1CN. The van der Waals surface area contributed by atoms with Crippen molar-refractivity contribution < 1.29 is 12.8 Å². The summed E-state index contributed by atoms with van der Waals surface area (Å²) in [4.78, 5) is 0.0167. The number of hydrogen-bond donors (Lipinski definition) is 1. The van der Waals surface area contributed by atoms with Crippen molar-refractivity contribution in [1.82, 2.24) is 4.31 Å². The maximum absolute atomic E-state index is 13.4. The molecule has 2 rings (SSSR count). The van der Waals surface area contributed by atoms with Gasteiger partial charge in [0.05, 0.1) is 4.90 Å². The zero-order chi connectivity index (χ0) is 14.8. The van der Waals surface area contributed by atoms with Crippen LogP contribution in [0.2, 0.25) is 0 Å². The Bertz CT molecular complexity index is 571. The Balaban J connectivity index is 2.39. The molecule has 0 atom stereocenters. The van der Waals surface area contributed by atoms with Crippen LogP contribution in [0, 0.1) is 5.82 Å². The van der Waals surface area contributed by atoms with Crippen molar-refractivity contribution in [2.45, 2.75) is 50.1 Å². The number of benzene rings is 1. The van der Waals surface area contributed by atoms with Crippen LogP contribution in [-0.2, 0) is 16.6 Å². The normalized spacial score (nSPS) is 15.8. The minimum absolute atomic E-state index is 0.0167. The quantitative estimate of drug-likeness (QED) is 0.840. The summed E-state index contributed by atoms with van der Waals surface area (Å²) in [6, 6.07) is 3.85. The van der Waals surface area contributed by atoms with E-state index in [0.29, 0.717) is 12.1 Å². The third kappa shape index (κ3) is 3.19. The van der Waals surface area contributed by atoms with Crippen molar-refractivity contribution in [2.24, 2.45) is 5.73 Å². The number of hydrogen-bond acceptors (Lipinski definition) is 3. The summed E-state index contributed by atoms with van der Waals surface area (Å²) < 4.78 is 40.5. The highest BCUT2D eigenvalue weighted by Crippen LogP contribution is 2.33. The lowest BCUT2D eigenvalue weighted by molar-refractivity contribution is 0.395. The summed E-state index contributed by atoms with van der Waals surface area (Å²) >= 11 is 0. The molecule has 1 fully saturated rings. The first kappa shape index (κ1) is 15.4. The van der Waals surface area contributed by atoms with E-state index in [2.05, 4.69) is 0 Å². The fourth-order valence-corrected chi connectivity index (χ4v) is 4.21. The van der Waals surface area contributed by atoms with Gasteiger partial charge in [0.25, 0.3) is 0 Å². The molecule has 0 amide bonds. The van der Waals surface area contributed by atoms with Crippen molar-refractivity contribution >= 4 is 10.0 Å². The second-order valence-corrected chi connectivity index (χ2v) is 7.02. The maximum atomic E-state index is 13.4. The van der Waals surface area contributed by atoms with Gasteiger partial charge in [0.2, 0.25) is 10.0 Å². The molecule has 0 aromatic heterocycles. The maximum Gasteiger partial charge on any atom is 0.243 e. The van der Waals surface area contributed by atoms with Gasteiger partial charge in [-0.25, -0.2) is 12.8 Å². The fourth-order valence-electron chi connectivity index (χ4n) is 2.24. The number of unbranched alkanes of at least 4 members (excludes halogenated alkanes) is 1. The van der Waals surface area contributed by atoms with Crippen LogP contribution in [0.15, 0.2) is 23.1 Å². The van der Waals surface area contributed by atoms with E-state index >= 15 is 0 Å². The van der Waals surface area contributed by atoms with Gasteiger partial charge in [-0.2, -0.15) is 4.31 Å². The molecule has 0 aliphatic heterocycles. The Labute approximate surface area is 119 Å². The molecule has 1 aromatic rings. The summed E-state index contributed by atoms with van der Waals surface area (Å²) in [6.45, 7) is 2.59. The summed E-state index contributed by atoms with van der Waals surface area (Å²) in [5.41, 5.74) is 6.05. The van der Waals surface area contributed by atoms with Gasteiger partial charge in [-0.05, 0) is 37.0 Å². The van der Waals surface area contributed by atoms with Crippen LogP contribution in [0.4, 0.5) is 4.39 Å². The minimum Gasteiger partial charge on any atom is -0.326 e. The molecule has 2 N–H and O–H groups in total. The number of nitrogens with two attached hydrogens (primary N) is 1. The Morgan fingerprint density at radius 2 is 2.10 bits per heavy atom. The van der Waals surface area contributed by atoms with Gasteiger partial charge < -0.3 is 5.73 Å². The topological polar surface area (TPSA) is 63.4 Å². The molecular weight excluding hydrogens is 279 g/mol. The molecule has 20 heavy (non-hydrogen) atoms. The Morgan fingerprint density at radius 1 is 1.40 bits per heavy atom. The highest BCUT2D eigenvalue weighted by molar-refractivity contribution is 7.89. The van der Waals surface area contributed by atoms with Gasteiger partial charge >= 0.3 is 0 Å². The lowest BCUT2D eigenvalue weighted by atomic mass is 10.2. The van der Waals surface area contributed by atoms with Gasteiger partial charge in [0.15, 0.2) is 0 Å². The Hall–Kier alpha value is -0.980. The summed E-state index contributed by atoms with van der Waals surface area (Å²) in [5.74, 6) is -0.549. The third-order valence-electron chi connectivity index (χ3n) is 3.52. The van der Waals surface area contributed by atoms with E-state index in [1.165, 1.54) is 16.4 Å². The first-order valence-electron chi connectivity index (χ1n) is 7.01. The first-order valence-corrected chi connectivity index (χ1v) is 8.45. The van der Waals surface area contributed by atoms with E-state index in [1.807, 2.05) is 6.92 Å². The van der Waals surface area contributed by atoms with Crippen molar-refractivity contribution in [3.05, 3.63) is 29.6 Å². The van der Waals surface area contributed by atoms with Crippen LogP contribution in [0.3, 0.4) is 0 Å². The van der Waals surface area contributed by atoms with Gasteiger partial charge in [-0.3, -0.25) is 0 Å². The minimum atomic E-state index is -3.66. The molecule has 112 valence electrons. The van der Waals surface area contributed by atoms with E-state index in [4.69, 9.17) is 5.73 Å². The molecule has 0 unspecified atom stereocenters. The second kappa shape index (κ2) is 6.20. The second-order valence-electron chi connectivity index (χ2n) is 5.16. The monoisotopic (exact) mass is 300 g/mol. The van der Waals surface area contributed by atoms with Gasteiger partial charge in [-0.1, -0.05) is 19.4 Å². The van der Waals surface area contributed by atoms with E-state index in [9.17, 15) is 12.8 Å². The first-order chi connectivity index (χ1) is 9.50. The molecule has 0 radical (unpaired) electrons. The van der Waals surface area contributed by atoms with Gasteiger partial charge in [0, 0.05) is 19.1 Å². The number of nitrogens with zero attached hydrogens (tertiary/aromatic N) is 1. The molecule has 1 aliphatic carbocycles. The predicted molar refractivity (Wildman–Crippen MR) is 76.1 cm³/mol. The van der Waals surface area contributed by atoms with Crippen LogP contribution < -0.4 is 5.73 Å². The zero-order valence-corrected chi connectivity index (χ0v) is 12.5. The van der Waals surface area contributed by atoms with Crippen molar-refractivity contribution in [3.8, 4) is 0 Å². The van der Waals surface area contributed by atoms with Crippen LogP contribution in [0.5, 0.6) is 0 Å². The number of halogens is 1. The van der Waals surface area contributed by atoms with E-state index in [1.54, 1.807) is 0 Å². The number of rotatable bonds is 7. The van der Waals surface area contributed by atoms with Crippen LogP contribution in [-0.4, -0.2) is 25.3 Å². The lowest BCUT2D eigenvalue weighted by Crippen LogP contribution is -2.34. The summed E-state index contributed by atoms with van der Waals surface area (Å²) in [6.07, 6.45) is 3.50. The Kier molecular flexibility index (Phi) is 4.78. The van der Waals surface area contributed by atoms with Crippen LogP contribution in [0.25, 0.3) is 0 Å². The molecule has 0 spiro atoms. The number of sulfonamides is 1. The highest BCUT2D eigenvalue weighted by Gasteiger charge is 2.38. The molecule has 1 aromatic carbocycles. The third-order valence-corrected chi connectivity index (χ3v) is 5.56. The molecule has 0 saturated heterocycles. The molecule has 4 nitrogen and oxygen atoms in total. The summed E-state index contributed by atoms with van der Waals surface area (Å²) in [5, 5.41) is 0. The molecule has 0 bridgehead atoms. The van der Waals surface area contributed by atoms with E-state index in [-0.39, 0.29) is 17.5 Å². The average Bonchev–Trinajstić information content (AvgIpc) is 3.23. The summed E-state index contributed by atoms with van der Waals surface area (Å²) in [7, 11) is -3.66. The van der Waals surface area contributed by atoms with Crippen LogP contribution in [0.1, 0.15) is 38.2 Å². The van der Waals surface area contributed by atoms with Crippen molar-refractivity contribution in [3.63, 3.8) is 0 Å². The molecule has 1 aliphatic rings. The lowest BCUT2D eigenvalue weighted by Gasteiger charge is -2.23. The largest absolute Gasteiger partial charge is 0.326 e. The highest BCUT2D eigenvalue weighted by atomic mass is 32.2. The fraction of sp³-hybridized carbons (Fsp3) is 0.571. The Morgan fingerprint density at radius 3 is 2.65 bits per heavy atom. The molecule has 0 heterocycles.